The van der Waals surface area contributed by atoms with Crippen LogP contribution in [0.1, 0.15) is 33.6 Å². The van der Waals surface area contributed by atoms with Crippen molar-refractivity contribution in [1.82, 2.24) is 10.6 Å². The summed E-state index contributed by atoms with van der Waals surface area (Å²) in [4.78, 5) is 23.1. The Morgan fingerprint density at radius 1 is 1.50 bits per heavy atom. The Morgan fingerprint density at radius 3 is 2.78 bits per heavy atom. The van der Waals surface area contributed by atoms with E-state index in [4.69, 9.17) is 9.47 Å². The van der Waals surface area contributed by atoms with E-state index in [1.807, 2.05) is 13.8 Å². The number of hydrogen-bond donors (Lipinski definition) is 2. The molecule has 2 N–H and O–H groups in total. The zero-order valence-electron chi connectivity index (χ0n) is 11.0. The minimum Gasteiger partial charge on any atom is -0.444 e. The summed E-state index contributed by atoms with van der Waals surface area (Å²) in [6.07, 6.45) is 0.611. The lowest BCUT2D eigenvalue weighted by molar-refractivity contribution is -0.126. The van der Waals surface area contributed by atoms with Crippen molar-refractivity contribution in [3.63, 3.8) is 0 Å². The second-order valence-electron chi connectivity index (χ2n) is 5.54. The van der Waals surface area contributed by atoms with E-state index in [0.717, 1.165) is 12.8 Å². The van der Waals surface area contributed by atoms with Gasteiger partial charge in [-0.15, -0.1) is 0 Å². The second kappa shape index (κ2) is 4.76. The third kappa shape index (κ3) is 2.93. The highest BCUT2D eigenvalue weighted by atomic mass is 16.6. The van der Waals surface area contributed by atoms with Crippen LogP contribution in [-0.4, -0.2) is 42.4 Å². The van der Waals surface area contributed by atoms with Gasteiger partial charge < -0.3 is 20.1 Å². The second-order valence-corrected chi connectivity index (χ2v) is 5.54. The molecule has 0 bridgehead atoms. The Bertz CT molecular complexity index is 356. The molecule has 3 atom stereocenters. The van der Waals surface area contributed by atoms with Crippen LogP contribution in [0.15, 0.2) is 0 Å². The van der Waals surface area contributed by atoms with Crippen LogP contribution in [0.2, 0.25) is 0 Å². The summed E-state index contributed by atoms with van der Waals surface area (Å²) in [5.74, 6) is -0.184. The van der Waals surface area contributed by atoms with Gasteiger partial charge in [0.1, 0.15) is 12.1 Å². The molecule has 2 fully saturated rings. The van der Waals surface area contributed by atoms with Crippen molar-refractivity contribution in [3.8, 4) is 0 Å². The Morgan fingerprint density at radius 2 is 2.22 bits per heavy atom. The number of hydrogen-bond acceptors (Lipinski definition) is 4. The van der Waals surface area contributed by atoms with Crippen molar-refractivity contribution in [1.29, 1.82) is 0 Å². The molecule has 0 spiro atoms. The molecule has 18 heavy (non-hydrogen) atoms. The zero-order chi connectivity index (χ0) is 13.3. The fourth-order valence-corrected chi connectivity index (χ4v) is 2.44. The van der Waals surface area contributed by atoms with E-state index < -0.39 is 18.2 Å². The van der Waals surface area contributed by atoms with Crippen molar-refractivity contribution in [2.45, 2.75) is 57.4 Å². The highest BCUT2D eigenvalue weighted by Gasteiger charge is 2.38. The molecule has 0 aromatic carbocycles. The third-order valence-electron chi connectivity index (χ3n) is 3.36. The van der Waals surface area contributed by atoms with Crippen LogP contribution in [0.3, 0.4) is 0 Å². The molecule has 0 saturated carbocycles. The molecule has 2 heterocycles. The van der Waals surface area contributed by atoms with E-state index in [-0.39, 0.29) is 17.6 Å². The van der Waals surface area contributed by atoms with Gasteiger partial charge in [0, 0.05) is 12.6 Å². The average Bonchev–Trinajstić information content (AvgIpc) is 2.56. The molecule has 2 amide bonds. The number of carbonyl (C=O) groups excluding carboxylic acids is 2. The highest BCUT2D eigenvalue weighted by molar-refractivity contribution is 5.88. The molecule has 0 aromatic rings. The van der Waals surface area contributed by atoms with Gasteiger partial charge in [-0.1, -0.05) is 0 Å². The van der Waals surface area contributed by atoms with Gasteiger partial charge in [-0.3, -0.25) is 4.79 Å². The number of rotatable bonds is 2. The maximum Gasteiger partial charge on any atom is 0.408 e. The van der Waals surface area contributed by atoms with Crippen LogP contribution >= 0.6 is 0 Å². The minimum absolute atomic E-state index is 0.0888. The predicted octanol–water partition coefficient (Wildman–Crippen LogP) is 0.557. The van der Waals surface area contributed by atoms with Gasteiger partial charge in [-0.05, 0) is 33.6 Å². The normalized spacial score (nSPS) is 34.6. The Kier molecular flexibility index (Phi) is 3.47. The summed E-state index contributed by atoms with van der Waals surface area (Å²) < 4.78 is 10.5. The van der Waals surface area contributed by atoms with Crippen LogP contribution < -0.4 is 10.6 Å². The number of cyclic esters (lactones) is 1. The Labute approximate surface area is 106 Å². The molecule has 0 aromatic heterocycles. The molecule has 0 aliphatic carbocycles. The van der Waals surface area contributed by atoms with E-state index in [9.17, 15) is 9.59 Å². The van der Waals surface area contributed by atoms with Crippen molar-refractivity contribution in [2.24, 2.45) is 0 Å². The summed E-state index contributed by atoms with van der Waals surface area (Å²) >= 11 is 0. The number of amides is 2. The third-order valence-corrected chi connectivity index (χ3v) is 3.36. The van der Waals surface area contributed by atoms with E-state index in [0.29, 0.717) is 6.61 Å². The maximum atomic E-state index is 12.0. The monoisotopic (exact) mass is 256 g/mol. The molecule has 0 radical (unpaired) electrons. The van der Waals surface area contributed by atoms with Gasteiger partial charge in [-0.2, -0.15) is 0 Å². The molecule has 2 aliphatic heterocycles. The lowest BCUT2D eigenvalue weighted by Gasteiger charge is -2.36. The van der Waals surface area contributed by atoms with Crippen molar-refractivity contribution in [3.05, 3.63) is 0 Å². The van der Waals surface area contributed by atoms with Crippen molar-refractivity contribution in [2.75, 3.05) is 6.61 Å². The molecule has 6 heteroatoms. The van der Waals surface area contributed by atoms with E-state index >= 15 is 0 Å². The topological polar surface area (TPSA) is 76.7 Å². The summed E-state index contributed by atoms with van der Waals surface area (Å²) in [6.45, 7) is 6.36. The number of alkyl carbamates (subject to hydrolysis) is 1. The van der Waals surface area contributed by atoms with Crippen LogP contribution in [0.25, 0.3) is 0 Å². The number of nitrogens with one attached hydrogen (secondary N) is 2. The van der Waals surface area contributed by atoms with Gasteiger partial charge in [0.15, 0.2) is 0 Å². The van der Waals surface area contributed by atoms with E-state index in [2.05, 4.69) is 10.6 Å². The van der Waals surface area contributed by atoms with Crippen molar-refractivity contribution < 1.29 is 19.1 Å². The average molecular weight is 256 g/mol. The standard InChI is InChI=1S/C12H20N2O4/c1-7-9(14-11(16)18-7)10(15)13-8-4-5-17-12(2,3)6-8/h7-9H,4-6H2,1-3H3,(H,13,15)(H,14,16)/t7-,8+,9-/m0/s1. The van der Waals surface area contributed by atoms with Crippen LogP contribution in [0.4, 0.5) is 4.79 Å². The molecule has 2 aliphatic rings. The van der Waals surface area contributed by atoms with E-state index in [1.165, 1.54) is 0 Å². The maximum absolute atomic E-state index is 12.0. The fraction of sp³-hybridized carbons (Fsp3) is 0.833. The van der Waals surface area contributed by atoms with Gasteiger partial charge in [0.25, 0.3) is 0 Å². The summed E-state index contributed by atoms with van der Waals surface area (Å²) in [6, 6.07) is -0.505. The molecular formula is C12H20N2O4. The first-order valence-corrected chi connectivity index (χ1v) is 6.29. The first kappa shape index (κ1) is 13.1. The fourth-order valence-electron chi connectivity index (χ4n) is 2.44. The number of ether oxygens (including phenoxy) is 2. The predicted molar refractivity (Wildman–Crippen MR) is 64.1 cm³/mol. The van der Waals surface area contributed by atoms with E-state index in [1.54, 1.807) is 6.92 Å². The number of carbonyl (C=O) groups is 2. The van der Waals surface area contributed by atoms with Crippen LogP contribution in [-0.2, 0) is 14.3 Å². The molecule has 6 nitrogen and oxygen atoms in total. The van der Waals surface area contributed by atoms with Crippen LogP contribution in [0, 0.1) is 0 Å². The van der Waals surface area contributed by atoms with Gasteiger partial charge in [-0.25, -0.2) is 4.79 Å². The summed E-state index contributed by atoms with van der Waals surface area (Å²) in [7, 11) is 0. The largest absolute Gasteiger partial charge is 0.444 e. The molecule has 102 valence electrons. The van der Waals surface area contributed by atoms with Crippen LogP contribution in [0.5, 0.6) is 0 Å². The first-order chi connectivity index (χ1) is 8.37. The molecule has 2 saturated heterocycles. The SMILES string of the molecule is C[C@@H]1OC(=O)N[C@@H]1C(=O)N[C@@H]1CCOC(C)(C)C1. The molecule has 2 rings (SSSR count). The van der Waals surface area contributed by atoms with Crippen molar-refractivity contribution >= 4 is 12.0 Å². The van der Waals surface area contributed by atoms with Gasteiger partial charge in [0.2, 0.25) is 5.91 Å². The lowest BCUT2D eigenvalue weighted by atomic mass is 9.93. The van der Waals surface area contributed by atoms with Gasteiger partial charge >= 0.3 is 6.09 Å². The Hall–Kier alpha value is -1.30. The molecular weight excluding hydrogens is 236 g/mol. The minimum atomic E-state index is -0.594. The smallest absolute Gasteiger partial charge is 0.408 e. The lowest BCUT2D eigenvalue weighted by Crippen LogP contribution is -2.52. The molecule has 0 unspecified atom stereocenters. The Balaban J connectivity index is 1.89. The highest BCUT2D eigenvalue weighted by Crippen LogP contribution is 2.24. The summed E-state index contributed by atoms with van der Waals surface area (Å²) in [5.41, 5.74) is -0.211. The first-order valence-electron chi connectivity index (χ1n) is 6.29. The van der Waals surface area contributed by atoms with Gasteiger partial charge in [0.05, 0.1) is 5.60 Å². The summed E-state index contributed by atoms with van der Waals surface area (Å²) in [5, 5.41) is 5.46. The quantitative estimate of drug-likeness (QED) is 0.756. The zero-order valence-corrected chi connectivity index (χ0v) is 11.0.